The molecule has 0 bridgehead atoms. The summed E-state index contributed by atoms with van der Waals surface area (Å²) in [6.07, 6.45) is 8.22. The summed E-state index contributed by atoms with van der Waals surface area (Å²) in [4.78, 5) is 0. The first-order valence-electron chi connectivity index (χ1n) is 8.81. The van der Waals surface area contributed by atoms with Crippen LogP contribution in [0.1, 0.15) is 57.1 Å². The molecule has 0 radical (unpaired) electrons. The average molecular weight is 302 g/mol. The Morgan fingerprint density at radius 2 is 1.91 bits per heavy atom. The maximum absolute atomic E-state index is 5.34. The molecule has 22 heavy (non-hydrogen) atoms. The van der Waals surface area contributed by atoms with Gasteiger partial charge in [0.05, 0.1) is 7.11 Å². The van der Waals surface area contributed by atoms with Gasteiger partial charge in [-0.1, -0.05) is 12.1 Å². The smallest absolute Gasteiger partial charge is 0.119 e. The summed E-state index contributed by atoms with van der Waals surface area (Å²) in [5.74, 6) is 0.948. The minimum atomic E-state index is 0.391. The molecule has 3 heteroatoms. The highest BCUT2D eigenvalue weighted by Gasteiger charge is 2.36. The SMILES string of the molecule is COc1cccc([C@@H](C)NC2CCC3(CCNCC3)CC2)c1. The predicted octanol–water partition coefficient (Wildman–Crippen LogP) is 3.66. The normalized spacial score (nSPS) is 23.4. The van der Waals surface area contributed by atoms with E-state index >= 15 is 0 Å². The zero-order chi connectivity index (χ0) is 15.4. The van der Waals surface area contributed by atoms with E-state index in [2.05, 4.69) is 35.8 Å². The van der Waals surface area contributed by atoms with Gasteiger partial charge in [-0.15, -0.1) is 0 Å². The van der Waals surface area contributed by atoms with E-state index < -0.39 is 0 Å². The van der Waals surface area contributed by atoms with Crippen LogP contribution in [0.3, 0.4) is 0 Å². The van der Waals surface area contributed by atoms with Gasteiger partial charge in [-0.3, -0.25) is 0 Å². The van der Waals surface area contributed by atoms with Gasteiger partial charge in [0.2, 0.25) is 0 Å². The van der Waals surface area contributed by atoms with Crippen molar-refractivity contribution in [2.45, 2.75) is 57.5 Å². The van der Waals surface area contributed by atoms with Crippen molar-refractivity contribution in [2.75, 3.05) is 20.2 Å². The van der Waals surface area contributed by atoms with E-state index in [1.54, 1.807) is 7.11 Å². The summed E-state index contributed by atoms with van der Waals surface area (Å²) < 4.78 is 5.34. The van der Waals surface area contributed by atoms with Crippen LogP contribution in [0.15, 0.2) is 24.3 Å². The lowest BCUT2D eigenvalue weighted by molar-refractivity contribution is 0.113. The van der Waals surface area contributed by atoms with Gasteiger partial charge in [0, 0.05) is 12.1 Å². The molecule has 1 saturated heterocycles. The van der Waals surface area contributed by atoms with Crippen LogP contribution in [-0.2, 0) is 0 Å². The molecular weight excluding hydrogens is 272 g/mol. The fraction of sp³-hybridized carbons (Fsp3) is 0.684. The van der Waals surface area contributed by atoms with E-state index in [4.69, 9.17) is 4.74 Å². The molecule has 1 aromatic rings. The Balaban J connectivity index is 1.53. The van der Waals surface area contributed by atoms with Crippen LogP contribution in [0.25, 0.3) is 0 Å². The molecule has 3 nitrogen and oxygen atoms in total. The van der Waals surface area contributed by atoms with E-state index in [0.29, 0.717) is 17.5 Å². The first-order valence-corrected chi connectivity index (χ1v) is 8.81. The van der Waals surface area contributed by atoms with E-state index in [1.807, 2.05) is 6.07 Å². The third-order valence-electron chi connectivity index (χ3n) is 5.79. The molecule has 0 amide bonds. The summed E-state index contributed by atoms with van der Waals surface area (Å²) >= 11 is 0. The van der Waals surface area contributed by atoms with E-state index in [1.165, 1.54) is 57.2 Å². The first-order chi connectivity index (χ1) is 10.7. The van der Waals surface area contributed by atoms with Gasteiger partial charge in [0.15, 0.2) is 0 Å². The van der Waals surface area contributed by atoms with Crippen LogP contribution < -0.4 is 15.4 Å². The summed E-state index contributed by atoms with van der Waals surface area (Å²) in [6, 6.07) is 9.49. The Bertz CT molecular complexity index is 472. The highest BCUT2D eigenvalue weighted by molar-refractivity contribution is 5.30. The molecule has 1 spiro atoms. The third-order valence-corrected chi connectivity index (χ3v) is 5.79. The Hall–Kier alpha value is -1.06. The molecule has 1 saturated carbocycles. The highest BCUT2D eigenvalue weighted by Crippen LogP contribution is 2.43. The van der Waals surface area contributed by atoms with Crippen LogP contribution in [-0.4, -0.2) is 26.2 Å². The van der Waals surface area contributed by atoms with Crippen LogP contribution in [0, 0.1) is 5.41 Å². The topological polar surface area (TPSA) is 33.3 Å². The average Bonchev–Trinajstić information content (AvgIpc) is 2.58. The monoisotopic (exact) mass is 302 g/mol. The molecule has 0 aromatic heterocycles. The lowest BCUT2D eigenvalue weighted by Gasteiger charge is -2.44. The minimum Gasteiger partial charge on any atom is -0.497 e. The Morgan fingerprint density at radius 1 is 1.18 bits per heavy atom. The van der Waals surface area contributed by atoms with Crippen molar-refractivity contribution >= 4 is 0 Å². The Labute approximate surface area is 134 Å². The maximum Gasteiger partial charge on any atom is 0.119 e. The second-order valence-electron chi connectivity index (χ2n) is 7.19. The summed E-state index contributed by atoms with van der Waals surface area (Å²) in [6.45, 7) is 4.71. The fourth-order valence-electron chi connectivity index (χ4n) is 4.21. The van der Waals surface area contributed by atoms with Gasteiger partial charge >= 0.3 is 0 Å². The van der Waals surface area contributed by atoms with Crippen molar-refractivity contribution in [3.8, 4) is 5.75 Å². The lowest BCUT2D eigenvalue weighted by Crippen LogP contribution is -2.43. The van der Waals surface area contributed by atoms with E-state index in [-0.39, 0.29) is 0 Å². The second-order valence-corrected chi connectivity index (χ2v) is 7.19. The van der Waals surface area contributed by atoms with E-state index in [0.717, 1.165) is 5.75 Å². The molecule has 3 rings (SSSR count). The lowest BCUT2D eigenvalue weighted by atomic mass is 9.67. The van der Waals surface area contributed by atoms with Crippen molar-refractivity contribution in [1.82, 2.24) is 10.6 Å². The molecule has 1 atom stereocenters. The van der Waals surface area contributed by atoms with Gasteiger partial charge in [-0.25, -0.2) is 0 Å². The maximum atomic E-state index is 5.34. The first kappa shape index (κ1) is 15.8. The molecule has 0 unspecified atom stereocenters. The predicted molar refractivity (Wildman–Crippen MR) is 91.3 cm³/mol. The van der Waals surface area contributed by atoms with Crippen LogP contribution in [0.5, 0.6) is 5.75 Å². The molecule has 2 fully saturated rings. The third kappa shape index (κ3) is 3.64. The number of rotatable bonds is 4. The Morgan fingerprint density at radius 3 is 2.59 bits per heavy atom. The van der Waals surface area contributed by atoms with Gasteiger partial charge in [0.1, 0.15) is 5.75 Å². The zero-order valence-corrected chi connectivity index (χ0v) is 14.0. The molecule has 1 aliphatic carbocycles. The standard InChI is InChI=1S/C19H30N2O/c1-15(16-4-3-5-18(14-16)22-2)21-17-6-8-19(9-7-17)10-12-20-13-11-19/h3-5,14-15,17,20-21H,6-13H2,1-2H3/t15-/m1/s1. The van der Waals surface area contributed by atoms with Crippen LogP contribution in [0.4, 0.5) is 0 Å². The summed E-state index contributed by atoms with van der Waals surface area (Å²) in [5, 5.41) is 7.34. The molecule has 2 N–H and O–H groups in total. The van der Waals surface area contributed by atoms with Gasteiger partial charge in [0.25, 0.3) is 0 Å². The zero-order valence-electron chi connectivity index (χ0n) is 14.0. The fourth-order valence-corrected chi connectivity index (χ4v) is 4.21. The molecule has 2 aliphatic rings. The van der Waals surface area contributed by atoms with Gasteiger partial charge in [-0.2, -0.15) is 0 Å². The van der Waals surface area contributed by atoms with Crippen molar-refractivity contribution in [3.05, 3.63) is 29.8 Å². The number of methoxy groups -OCH3 is 1. The number of benzene rings is 1. The van der Waals surface area contributed by atoms with Crippen molar-refractivity contribution in [2.24, 2.45) is 5.41 Å². The van der Waals surface area contributed by atoms with E-state index in [9.17, 15) is 0 Å². The number of hydrogen-bond acceptors (Lipinski definition) is 3. The largest absolute Gasteiger partial charge is 0.497 e. The van der Waals surface area contributed by atoms with Gasteiger partial charge in [-0.05, 0) is 81.6 Å². The quantitative estimate of drug-likeness (QED) is 0.890. The van der Waals surface area contributed by atoms with Crippen molar-refractivity contribution in [1.29, 1.82) is 0 Å². The van der Waals surface area contributed by atoms with Crippen molar-refractivity contribution in [3.63, 3.8) is 0 Å². The van der Waals surface area contributed by atoms with Gasteiger partial charge < -0.3 is 15.4 Å². The molecule has 1 aromatic carbocycles. The number of hydrogen-bond donors (Lipinski definition) is 2. The summed E-state index contributed by atoms with van der Waals surface area (Å²) in [5.41, 5.74) is 1.98. The molecular formula is C19H30N2O. The minimum absolute atomic E-state index is 0.391. The van der Waals surface area contributed by atoms with Crippen molar-refractivity contribution < 1.29 is 4.74 Å². The summed E-state index contributed by atoms with van der Waals surface area (Å²) in [7, 11) is 1.73. The number of ether oxygens (including phenoxy) is 1. The highest BCUT2D eigenvalue weighted by atomic mass is 16.5. The molecule has 1 heterocycles. The Kier molecular flexibility index (Phi) is 5.04. The number of piperidine rings is 1. The van der Waals surface area contributed by atoms with Crippen LogP contribution in [0.2, 0.25) is 0 Å². The molecule has 122 valence electrons. The van der Waals surface area contributed by atoms with Crippen LogP contribution >= 0.6 is 0 Å². The number of nitrogens with one attached hydrogen (secondary N) is 2. The second kappa shape index (κ2) is 7.01. The molecule has 1 aliphatic heterocycles.